The van der Waals surface area contributed by atoms with Crippen molar-refractivity contribution < 1.29 is 0 Å². The third-order valence-corrected chi connectivity index (χ3v) is 6.23. The highest BCUT2D eigenvalue weighted by molar-refractivity contribution is 8.00. The van der Waals surface area contributed by atoms with Crippen molar-refractivity contribution in [1.82, 2.24) is 9.55 Å². The fraction of sp³-hybridized carbons (Fsp3) is 0.591. The van der Waals surface area contributed by atoms with Crippen LogP contribution in [0.15, 0.2) is 47.9 Å². The van der Waals surface area contributed by atoms with E-state index >= 15 is 0 Å². The molecule has 0 N–H and O–H groups in total. The molecule has 0 spiro atoms. The molecule has 1 aromatic carbocycles. The highest BCUT2D eigenvalue weighted by atomic mass is 35.5. The summed E-state index contributed by atoms with van der Waals surface area (Å²) in [5, 5.41) is 1.38. The summed E-state index contributed by atoms with van der Waals surface area (Å²) in [7, 11) is 0. The van der Waals surface area contributed by atoms with E-state index in [0.717, 1.165) is 11.6 Å². The number of unbranched alkanes of at least 4 members (excludes halogenated alkanes) is 8. The van der Waals surface area contributed by atoms with Crippen molar-refractivity contribution in [3.05, 3.63) is 48.0 Å². The summed E-state index contributed by atoms with van der Waals surface area (Å²) >= 11 is 7.98. The summed E-state index contributed by atoms with van der Waals surface area (Å²) in [5.41, 5.74) is 0. The molecule has 144 valence electrons. The van der Waals surface area contributed by atoms with Gasteiger partial charge in [0.25, 0.3) is 0 Å². The number of rotatable bonds is 14. The van der Waals surface area contributed by atoms with Crippen molar-refractivity contribution in [2.45, 2.75) is 87.8 Å². The first-order valence-electron chi connectivity index (χ1n) is 10.2. The number of benzene rings is 1. The van der Waals surface area contributed by atoms with Crippen LogP contribution >= 0.6 is 23.4 Å². The number of aromatic nitrogens is 2. The Bertz CT molecular complexity index is 568. The molecule has 1 heterocycles. The Labute approximate surface area is 168 Å². The summed E-state index contributed by atoms with van der Waals surface area (Å²) in [5.74, 6) is 0. The highest BCUT2D eigenvalue weighted by Crippen LogP contribution is 2.29. The van der Waals surface area contributed by atoms with E-state index < -0.39 is 0 Å². The number of nitrogens with zero attached hydrogens (tertiary/aromatic N) is 2. The molecule has 1 atom stereocenters. The van der Waals surface area contributed by atoms with Crippen LogP contribution in [0.1, 0.15) is 71.1 Å². The molecule has 2 aromatic rings. The van der Waals surface area contributed by atoms with Gasteiger partial charge in [-0.1, -0.05) is 76.3 Å². The fourth-order valence-corrected chi connectivity index (χ4v) is 4.54. The second-order valence-electron chi connectivity index (χ2n) is 7.07. The molecule has 26 heavy (non-hydrogen) atoms. The lowest BCUT2D eigenvalue weighted by Crippen LogP contribution is -2.12. The Hall–Kier alpha value is -0.930. The maximum Gasteiger partial charge on any atom is 0.0946 e. The van der Waals surface area contributed by atoms with Crippen molar-refractivity contribution in [2.75, 3.05) is 0 Å². The van der Waals surface area contributed by atoms with Crippen LogP contribution in [0.3, 0.4) is 0 Å². The Morgan fingerprint density at radius 3 is 2.23 bits per heavy atom. The summed E-state index contributed by atoms with van der Waals surface area (Å²) in [6.45, 7) is 3.30. The zero-order valence-corrected chi connectivity index (χ0v) is 17.7. The number of imidazole rings is 1. The minimum atomic E-state index is 0.579. The molecular formula is C22H33ClN2S. The number of thioether (sulfide) groups is 1. The molecule has 0 fully saturated rings. The van der Waals surface area contributed by atoms with Gasteiger partial charge in [0.2, 0.25) is 0 Å². The van der Waals surface area contributed by atoms with Gasteiger partial charge in [-0.05, 0) is 30.7 Å². The standard InChI is InChI=1S/C22H33ClN2S/c1-2-3-4-5-6-7-8-9-10-11-22(18-25-17-16-24-19-25)26-21-14-12-20(23)13-15-21/h12-17,19,22H,2-11,18H2,1H3. The SMILES string of the molecule is CCCCCCCCCCCC(Cn1ccnc1)Sc1ccc(Cl)cc1. The van der Waals surface area contributed by atoms with Crippen molar-refractivity contribution >= 4 is 23.4 Å². The van der Waals surface area contributed by atoms with Crippen molar-refractivity contribution in [3.8, 4) is 0 Å². The summed E-state index contributed by atoms with van der Waals surface area (Å²) in [4.78, 5) is 5.48. The third kappa shape index (κ3) is 9.14. The molecular weight excluding hydrogens is 360 g/mol. The van der Waals surface area contributed by atoms with Crippen LogP contribution < -0.4 is 0 Å². The molecule has 1 unspecified atom stereocenters. The third-order valence-electron chi connectivity index (χ3n) is 4.72. The molecule has 1 aromatic heterocycles. The second-order valence-corrected chi connectivity index (χ2v) is 8.88. The Balaban J connectivity index is 1.69. The summed E-state index contributed by atoms with van der Waals surface area (Å²) in [6.07, 6.45) is 19.5. The topological polar surface area (TPSA) is 17.8 Å². The monoisotopic (exact) mass is 392 g/mol. The van der Waals surface area contributed by atoms with E-state index in [4.69, 9.17) is 11.6 Å². The van der Waals surface area contributed by atoms with Crippen LogP contribution in [0.25, 0.3) is 0 Å². The number of hydrogen-bond acceptors (Lipinski definition) is 2. The lowest BCUT2D eigenvalue weighted by atomic mass is 10.1. The molecule has 0 amide bonds. The van der Waals surface area contributed by atoms with Gasteiger partial charge in [0.1, 0.15) is 0 Å². The van der Waals surface area contributed by atoms with Gasteiger partial charge in [-0.15, -0.1) is 11.8 Å². The Morgan fingerprint density at radius 1 is 0.962 bits per heavy atom. The van der Waals surface area contributed by atoms with E-state index in [1.54, 1.807) is 0 Å². The molecule has 2 rings (SSSR count). The summed E-state index contributed by atoms with van der Waals surface area (Å²) in [6, 6.07) is 8.22. The molecule has 0 aliphatic rings. The lowest BCUT2D eigenvalue weighted by Gasteiger charge is -2.17. The van der Waals surface area contributed by atoms with Crippen molar-refractivity contribution in [1.29, 1.82) is 0 Å². The Kier molecular flexibility index (Phi) is 10.9. The maximum absolute atomic E-state index is 6.01. The van der Waals surface area contributed by atoms with Crippen LogP contribution in [-0.4, -0.2) is 14.8 Å². The van der Waals surface area contributed by atoms with Crippen LogP contribution in [-0.2, 0) is 6.54 Å². The highest BCUT2D eigenvalue weighted by Gasteiger charge is 2.11. The smallest absolute Gasteiger partial charge is 0.0946 e. The van der Waals surface area contributed by atoms with Gasteiger partial charge >= 0.3 is 0 Å². The van der Waals surface area contributed by atoms with Crippen molar-refractivity contribution in [3.63, 3.8) is 0 Å². The minimum Gasteiger partial charge on any atom is -0.336 e. The fourth-order valence-electron chi connectivity index (χ4n) is 3.21. The van der Waals surface area contributed by atoms with Crippen molar-refractivity contribution in [2.24, 2.45) is 0 Å². The van der Waals surface area contributed by atoms with Gasteiger partial charge < -0.3 is 4.57 Å². The molecule has 2 nitrogen and oxygen atoms in total. The van der Waals surface area contributed by atoms with E-state index in [9.17, 15) is 0 Å². The van der Waals surface area contributed by atoms with Crippen LogP contribution in [0.4, 0.5) is 0 Å². The first-order valence-corrected chi connectivity index (χ1v) is 11.4. The van der Waals surface area contributed by atoms with E-state index in [1.807, 2.05) is 36.4 Å². The average molecular weight is 393 g/mol. The van der Waals surface area contributed by atoms with E-state index in [2.05, 4.69) is 34.8 Å². The zero-order valence-electron chi connectivity index (χ0n) is 16.1. The second kappa shape index (κ2) is 13.3. The largest absolute Gasteiger partial charge is 0.336 e. The molecule has 0 saturated carbocycles. The van der Waals surface area contributed by atoms with Gasteiger partial charge in [0.05, 0.1) is 6.33 Å². The average Bonchev–Trinajstić information content (AvgIpc) is 3.15. The first-order chi connectivity index (χ1) is 12.8. The van der Waals surface area contributed by atoms with Gasteiger partial charge in [0, 0.05) is 34.1 Å². The predicted molar refractivity (Wildman–Crippen MR) is 115 cm³/mol. The molecule has 0 bridgehead atoms. The number of hydrogen-bond donors (Lipinski definition) is 0. The van der Waals surface area contributed by atoms with E-state index in [1.165, 1.54) is 69.1 Å². The first kappa shape index (κ1) is 21.4. The van der Waals surface area contributed by atoms with Gasteiger partial charge in [-0.25, -0.2) is 4.98 Å². The molecule has 0 saturated heterocycles. The minimum absolute atomic E-state index is 0.579. The van der Waals surface area contributed by atoms with Gasteiger partial charge in [-0.3, -0.25) is 0 Å². The van der Waals surface area contributed by atoms with Crippen LogP contribution in [0, 0.1) is 0 Å². The van der Waals surface area contributed by atoms with Crippen LogP contribution in [0.5, 0.6) is 0 Å². The zero-order chi connectivity index (χ0) is 18.5. The van der Waals surface area contributed by atoms with E-state index in [-0.39, 0.29) is 0 Å². The van der Waals surface area contributed by atoms with Gasteiger partial charge in [-0.2, -0.15) is 0 Å². The molecule has 0 aliphatic heterocycles. The predicted octanol–water partition coefficient (Wildman–Crippen LogP) is 7.62. The van der Waals surface area contributed by atoms with Crippen LogP contribution in [0.2, 0.25) is 5.02 Å². The van der Waals surface area contributed by atoms with E-state index in [0.29, 0.717) is 5.25 Å². The summed E-state index contributed by atoms with van der Waals surface area (Å²) < 4.78 is 2.20. The Morgan fingerprint density at radius 2 is 1.62 bits per heavy atom. The maximum atomic E-state index is 6.01. The van der Waals surface area contributed by atoms with Gasteiger partial charge in [0.15, 0.2) is 0 Å². The normalized spacial score (nSPS) is 12.4. The molecule has 0 radical (unpaired) electrons. The number of halogens is 1. The molecule has 4 heteroatoms. The molecule has 0 aliphatic carbocycles. The quantitative estimate of drug-likeness (QED) is 0.243. The lowest BCUT2D eigenvalue weighted by molar-refractivity contribution is 0.537.